The number of methoxy groups -OCH3 is 3. The fraction of sp³-hybridized carbons (Fsp3) is 0.211. The van der Waals surface area contributed by atoms with Gasteiger partial charge in [-0.05, 0) is 18.2 Å². The van der Waals surface area contributed by atoms with Crippen LogP contribution >= 0.6 is 0 Å². The highest BCUT2D eigenvalue weighted by atomic mass is 16.5. The lowest BCUT2D eigenvalue weighted by Gasteiger charge is -2.12. The van der Waals surface area contributed by atoms with E-state index in [1.165, 1.54) is 6.08 Å². The van der Waals surface area contributed by atoms with E-state index in [4.69, 9.17) is 14.2 Å². The molecule has 0 spiro atoms. The topological polar surface area (TPSA) is 56.8 Å². The second-order valence-corrected chi connectivity index (χ2v) is 4.95. The van der Waals surface area contributed by atoms with Gasteiger partial charge in [0.1, 0.15) is 5.75 Å². The summed E-state index contributed by atoms with van der Waals surface area (Å²) >= 11 is 0. The van der Waals surface area contributed by atoms with E-state index in [0.717, 1.165) is 16.9 Å². The van der Waals surface area contributed by atoms with Crippen molar-refractivity contribution in [2.24, 2.45) is 0 Å². The molecule has 0 saturated carbocycles. The van der Waals surface area contributed by atoms with Gasteiger partial charge in [-0.1, -0.05) is 30.3 Å². The number of para-hydroxylation sites is 2. The minimum absolute atomic E-state index is 0.203. The van der Waals surface area contributed by atoms with Crippen LogP contribution in [-0.4, -0.2) is 27.2 Å². The Morgan fingerprint density at radius 3 is 2.38 bits per heavy atom. The number of hydrogen-bond acceptors (Lipinski definition) is 4. The first-order valence-electron chi connectivity index (χ1n) is 7.48. The highest BCUT2D eigenvalue weighted by Crippen LogP contribution is 2.30. The number of hydrogen-bond donors (Lipinski definition) is 1. The summed E-state index contributed by atoms with van der Waals surface area (Å²) in [6, 6.07) is 13.0. The van der Waals surface area contributed by atoms with Gasteiger partial charge < -0.3 is 19.5 Å². The summed E-state index contributed by atoms with van der Waals surface area (Å²) < 4.78 is 15.8. The van der Waals surface area contributed by atoms with Crippen molar-refractivity contribution in [3.05, 3.63) is 59.7 Å². The minimum atomic E-state index is -0.203. The second-order valence-electron chi connectivity index (χ2n) is 4.95. The quantitative estimate of drug-likeness (QED) is 0.794. The van der Waals surface area contributed by atoms with Gasteiger partial charge in [0.15, 0.2) is 11.5 Å². The van der Waals surface area contributed by atoms with Gasteiger partial charge in [0.2, 0.25) is 5.91 Å². The zero-order valence-electron chi connectivity index (χ0n) is 14.0. The normalized spacial score (nSPS) is 10.5. The first-order valence-corrected chi connectivity index (χ1v) is 7.48. The van der Waals surface area contributed by atoms with Gasteiger partial charge in [-0.2, -0.15) is 0 Å². The molecule has 1 amide bonds. The molecule has 0 aliphatic heterocycles. The number of amides is 1. The number of rotatable bonds is 7. The second kappa shape index (κ2) is 8.62. The zero-order chi connectivity index (χ0) is 17.4. The van der Waals surface area contributed by atoms with Crippen molar-refractivity contribution in [3.63, 3.8) is 0 Å². The van der Waals surface area contributed by atoms with Gasteiger partial charge >= 0.3 is 0 Å². The molecule has 5 nitrogen and oxygen atoms in total. The van der Waals surface area contributed by atoms with Crippen LogP contribution in [0.25, 0.3) is 6.08 Å². The van der Waals surface area contributed by atoms with Crippen molar-refractivity contribution >= 4 is 12.0 Å². The molecule has 0 heterocycles. The maximum absolute atomic E-state index is 12.0. The van der Waals surface area contributed by atoms with Gasteiger partial charge in [-0.25, -0.2) is 0 Å². The first-order chi connectivity index (χ1) is 11.7. The molecule has 0 aliphatic carbocycles. The third kappa shape index (κ3) is 4.29. The summed E-state index contributed by atoms with van der Waals surface area (Å²) in [4.78, 5) is 12.0. The Morgan fingerprint density at radius 1 is 0.958 bits per heavy atom. The average Bonchev–Trinajstić information content (AvgIpc) is 2.64. The number of benzene rings is 2. The Hall–Kier alpha value is -2.95. The SMILES string of the molecule is COc1ccccc1/C=C/C(=O)NCc1cccc(OC)c1OC. The van der Waals surface area contributed by atoms with Crippen LogP contribution in [0.2, 0.25) is 0 Å². The van der Waals surface area contributed by atoms with Crippen molar-refractivity contribution in [2.45, 2.75) is 6.54 Å². The van der Waals surface area contributed by atoms with E-state index in [2.05, 4.69) is 5.32 Å². The number of ether oxygens (including phenoxy) is 3. The van der Waals surface area contributed by atoms with Crippen LogP contribution in [0.5, 0.6) is 17.2 Å². The molecule has 2 aromatic rings. The standard InChI is InChI=1S/C19H21NO4/c1-22-16-9-5-4-7-14(16)11-12-18(21)20-13-15-8-6-10-17(23-2)19(15)24-3/h4-12H,13H2,1-3H3,(H,20,21)/b12-11+. The molecule has 1 N–H and O–H groups in total. The summed E-state index contributed by atoms with van der Waals surface area (Å²) in [7, 11) is 4.75. The molecular weight excluding hydrogens is 306 g/mol. The molecule has 24 heavy (non-hydrogen) atoms. The number of carbonyl (C=O) groups is 1. The van der Waals surface area contributed by atoms with E-state index >= 15 is 0 Å². The van der Waals surface area contributed by atoms with Crippen LogP contribution in [-0.2, 0) is 11.3 Å². The summed E-state index contributed by atoms with van der Waals surface area (Å²) in [6.45, 7) is 0.343. The predicted octanol–water partition coefficient (Wildman–Crippen LogP) is 3.04. The molecule has 0 aromatic heterocycles. The van der Waals surface area contributed by atoms with Gasteiger partial charge in [0, 0.05) is 23.7 Å². The van der Waals surface area contributed by atoms with Gasteiger partial charge in [-0.3, -0.25) is 4.79 Å². The fourth-order valence-corrected chi connectivity index (χ4v) is 2.30. The van der Waals surface area contributed by atoms with Crippen molar-refractivity contribution in [2.75, 3.05) is 21.3 Å². The summed E-state index contributed by atoms with van der Waals surface area (Å²) in [6.07, 6.45) is 3.20. The Morgan fingerprint density at radius 2 is 1.67 bits per heavy atom. The van der Waals surface area contributed by atoms with Crippen LogP contribution in [0, 0.1) is 0 Å². The molecule has 0 saturated heterocycles. The zero-order valence-corrected chi connectivity index (χ0v) is 14.0. The summed E-state index contributed by atoms with van der Waals surface area (Å²) in [5, 5.41) is 2.83. The van der Waals surface area contributed by atoms with Crippen LogP contribution < -0.4 is 19.5 Å². The summed E-state index contributed by atoms with van der Waals surface area (Å²) in [5.74, 6) is 1.77. The monoisotopic (exact) mass is 327 g/mol. The lowest BCUT2D eigenvalue weighted by atomic mass is 10.1. The maximum Gasteiger partial charge on any atom is 0.244 e. The number of nitrogens with one attached hydrogen (secondary N) is 1. The molecule has 0 aliphatic rings. The Labute approximate surface area is 141 Å². The molecule has 2 aromatic carbocycles. The van der Waals surface area contributed by atoms with Gasteiger partial charge in [-0.15, -0.1) is 0 Å². The van der Waals surface area contributed by atoms with E-state index < -0.39 is 0 Å². The molecule has 0 radical (unpaired) electrons. The van der Waals surface area contributed by atoms with E-state index in [9.17, 15) is 4.79 Å². The van der Waals surface area contributed by atoms with Crippen LogP contribution in [0.1, 0.15) is 11.1 Å². The number of carbonyl (C=O) groups excluding carboxylic acids is 1. The maximum atomic E-state index is 12.0. The van der Waals surface area contributed by atoms with Crippen LogP contribution in [0.3, 0.4) is 0 Å². The molecule has 0 unspecified atom stereocenters. The van der Waals surface area contributed by atoms with Crippen molar-refractivity contribution in [1.29, 1.82) is 0 Å². The van der Waals surface area contributed by atoms with E-state index in [1.54, 1.807) is 27.4 Å². The Bertz CT molecular complexity index is 725. The fourth-order valence-electron chi connectivity index (χ4n) is 2.30. The van der Waals surface area contributed by atoms with E-state index in [1.807, 2.05) is 42.5 Å². The van der Waals surface area contributed by atoms with Crippen molar-refractivity contribution in [1.82, 2.24) is 5.32 Å². The molecule has 0 atom stereocenters. The molecule has 0 bridgehead atoms. The highest BCUT2D eigenvalue weighted by molar-refractivity contribution is 5.92. The van der Waals surface area contributed by atoms with Gasteiger partial charge in [0.25, 0.3) is 0 Å². The minimum Gasteiger partial charge on any atom is -0.496 e. The third-order valence-corrected chi connectivity index (χ3v) is 3.49. The van der Waals surface area contributed by atoms with Crippen LogP contribution in [0.4, 0.5) is 0 Å². The Balaban J connectivity index is 2.02. The third-order valence-electron chi connectivity index (χ3n) is 3.49. The lowest BCUT2D eigenvalue weighted by Crippen LogP contribution is -2.20. The average molecular weight is 327 g/mol. The first kappa shape index (κ1) is 17.4. The molecule has 0 fully saturated rings. The van der Waals surface area contributed by atoms with Gasteiger partial charge in [0.05, 0.1) is 21.3 Å². The Kier molecular flexibility index (Phi) is 6.25. The van der Waals surface area contributed by atoms with Crippen molar-refractivity contribution < 1.29 is 19.0 Å². The smallest absolute Gasteiger partial charge is 0.244 e. The molecule has 126 valence electrons. The largest absolute Gasteiger partial charge is 0.496 e. The lowest BCUT2D eigenvalue weighted by molar-refractivity contribution is -0.116. The molecular formula is C19H21NO4. The summed E-state index contributed by atoms with van der Waals surface area (Å²) in [5.41, 5.74) is 1.69. The molecule has 2 rings (SSSR count). The predicted molar refractivity (Wildman–Crippen MR) is 93.4 cm³/mol. The van der Waals surface area contributed by atoms with E-state index in [-0.39, 0.29) is 5.91 Å². The van der Waals surface area contributed by atoms with Crippen LogP contribution in [0.15, 0.2) is 48.5 Å². The molecule has 5 heteroatoms. The van der Waals surface area contributed by atoms with Crippen molar-refractivity contribution in [3.8, 4) is 17.2 Å². The highest BCUT2D eigenvalue weighted by Gasteiger charge is 2.09. The van der Waals surface area contributed by atoms with E-state index in [0.29, 0.717) is 18.0 Å².